The topological polar surface area (TPSA) is 52.4 Å². The van der Waals surface area contributed by atoms with Gasteiger partial charge in [0.15, 0.2) is 0 Å². The summed E-state index contributed by atoms with van der Waals surface area (Å²) >= 11 is 0. The summed E-state index contributed by atoms with van der Waals surface area (Å²) in [5, 5.41) is 11.0. The minimum absolute atomic E-state index is 0.0787. The first-order valence-electron chi connectivity index (χ1n) is 5.81. The van der Waals surface area contributed by atoms with Crippen LogP contribution in [0, 0.1) is 10.1 Å². The van der Waals surface area contributed by atoms with Crippen LogP contribution >= 0.6 is 0 Å². The molecule has 92 valence electrons. The normalized spacial score (nSPS) is 16.8. The zero-order valence-corrected chi connectivity index (χ0v) is 10.6. The molecule has 0 saturated heterocycles. The molecule has 0 radical (unpaired) electrons. The predicted octanol–water partition coefficient (Wildman–Crippen LogP) is 3.43. The Balaban J connectivity index is 2.61. The van der Waals surface area contributed by atoms with Crippen molar-refractivity contribution >= 4 is 5.69 Å². The van der Waals surface area contributed by atoms with Gasteiger partial charge in [-0.3, -0.25) is 10.1 Å². The molecule has 1 aromatic rings. The van der Waals surface area contributed by atoms with E-state index in [4.69, 9.17) is 4.74 Å². The zero-order chi connectivity index (χ0) is 12.8. The number of rotatable bonds is 2. The molecular formula is C13H17NO3. The molecule has 4 heteroatoms. The molecule has 0 saturated carbocycles. The van der Waals surface area contributed by atoms with Crippen LogP contribution in [0.1, 0.15) is 44.7 Å². The number of nitro benzene ring substituents is 1. The third-order valence-corrected chi connectivity index (χ3v) is 3.08. The number of ether oxygens (including phenoxy) is 1. The number of fused-ring (bicyclic) bond motifs is 1. The van der Waals surface area contributed by atoms with Gasteiger partial charge in [-0.2, -0.15) is 0 Å². The number of benzene rings is 1. The fraction of sp³-hybridized carbons (Fsp3) is 0.538. The average molecular weight is 235 g/mol. The van der Waals surface area contributed by atoms with Crippen LogP contribution in [0.25, 0.3) is 0 Å². The van der Waals surface area contributed by atoms with Crippen molar-refractivity contribution in [1.82, 2.24) is 0 Å². The molecule has 0 atom stereocenters. The Morgan fingerprint density at radius 2 is 2.06 bits per heavy atom. The molecule has 1 aliphatic rings. The van der Waals surface area contributed by atoms with Crippen molar-refractivity contribution in [2.24, 2.45) is 0 Å². The van der Waals surface area contributed by atoms with Crippen LogP contribution in [0.2, 0.25) is 0 Å². The number of hydrogen-bond acceptors (Lipinski definition) is 3. The van der Waals surface area contributed by atoms with E-state index in [0.717, 1.165) is 17.5 Å². The van der Waals surface area contributed by atoms with Crippen molar-refractivity contribution in [1.29, 1.82) is 0 Å². The van der Waals surface area contributed by atoms with Gasteiger partial charge in [0.1, 0.15) is 5.60 Å². The smallest absolute Gasteiger partial charge is 0.311 e. The van der Waals surface area contributed by atoms with Crippen LogP contribution in [0.4, 0.5) is 5.69 Å². The van der Waals surface area contributed by atoms with Gasteiger partial charge in [0.25, 0.3) is 0 Å². The van der Waals surface area contributed by atoms with Gasteiger partial charge in [-0.25, -0.2) is 0 Å². The highest BCUT2D eigenvalue weighted by molar-refractivity contribution is 5.58. The molecule has 0 unspecified atom stereocenters. The number of nitro groups is 1. The lowest BCUT2D eigenvalue weighted by molar-refractivity contribution is -0.386. The second-order valence-electron chi connectivity index (χ2n) is 5.43. The lowest BCUT2D eigenvalue weighted by atomic mass is 9.91. The van der Waals surface area contributed by atoms with Gasteiger partial charge in [0.05, 0.1) is 4.92 Å². The van der Waals surface area contributed by atoms with Gasteiger partial charge in [0, 0.05) is 18.1 Å². The molecule has 4 nitrogen and oxygen atoms in total. The summed E-state index contributed by atoms with van der Waals surface area (Å²) in [4.78, 5) is 10.6. The van der Waals surface area contributed by atoms with E-state index in [9.17, 15) is 10.1 Å². The highest BCUT2D eigenvalue weighted by Crippen LogP contribution is 2.44. The Bertz CT molecular complexity index is 478. The van der Waals surface area contributed by atoms with Crippen LogP contribution in [0.3, 0.4) is 0 Å². The molecule has 2 rings (SSSR count). The Hall–Kier alpha value is -1.58. The summed E-state index contributed by atoms with van der Waals surface area (Å²) in [5.74, 6) is 0.813. The molecule has 0 fully saturated rings. The Kier molecular flexibility index (Phi) is 2.60. The van der Waals surface area contributed by atoms with E-state index in [1.54, 1.807) is 6.07 Å². The Labute approximate surface area is 101 Å². The van der Waals surface area contributed by atoms with E-state index < -0.39 is 0 Å². The minimum atomic E-state index is -0.371. The zero-order valence-electron chi connectivity index (χ0n) is 10.6. The molecule has 1 heterocycles. The second-order valence-corrected chi connectivity index (χ2v) is 5.43. The first-order chi connectivity index (χ1) is 7.82. The summed E-state index contributed by atoms with van der Waals surface area (Å²) in [6, 6.07) is 3.40. The third kappa shape index (κ3) is 1.99. The molecule has 0 bridgehead atoms. The quantitative estimate of drug-likeness (QED) is 0.583. The van der Waals surface area contributed by atoms with E-state index in [0.29, 0.717) is 11.7 Å². The molecule has 1 aliphatic heterocycles. The Morgan fingerprint density at radius 3 is 2.59 bits per heavy atom. The van der Waals surface area contributed by atoms with Crippen molar-refractivity contribution in [3.8, 4) is 5.75 Å². The second kappa shape index (κ2) is 3.72. The van der Waals surface area contributed by atoms with E-state index in [1.165, 1.54) is 0 Å². The van der Waals surface area contributed by atoms with Crippen molar-refractivity contribution in [2.75, 3.05) is 0 Å². The lowest BCUT2D eigenvalue weighted by Gasteiger charge is -2.16. The maximum absolute atomic E-state index is 11.0. The van der Waals surface area contributed by atoms with Crippen molar-refractivity contribution in [2.45, 2.75) is 45.6 Å². The fourth-order valence-electron chi connectivity index (χ4n) is 2.35. The molecule has 0 spiro atoms. The van der Waals surface area contributed by atoms with Gasteiger partial charge >= 0.3 is 5.69 Å². The highest BCUT2D eigenvalue weighted by Gasteiger charge is 2.37. The summed E-state index contributed by atoms with van der Waals surface area (Å²) in [6.45, 7) is 8.10. The molecule has 1 aromatic carbocycles. The highest BCUT2D eigenvalue weighted by atomic mass is 16.6. The van der Waals surface area contributed by atoms with E-state index in [1.807, 2.05) is 19.9 Å². The van der Waals surface area contributed by atoms with Gasteiger partial charge in [-0.1, -0.05) is 19.9 Å². The first kappa shape index (κ1) is 11.9. The van der Waals surface area contributed by atoms with Crippen LogP contribution in [-0.2, 0) is 6.42 Å². The average Bonchev–Trinajstić information content (AvgIpc) is 2.49. The molecule has 0 N–H and O–H groups in total. The molecule has 17 heavy (non-hydrogen) atoms. The summed E-state index contributed by atoms with van der Waals surface area (Å²) < 4.78 is 5.74. The van der Waals surface area contributed by atoms with E-state index >= 15 is 0 Å². The Morgan fingerprint density at radius 1 is 1.41 bits per heavy atom. The number of nitrogens with zero attached hydrogens (tertiary/aromatic N) is 1. The van der Waals surface area contributed by atoms with Gasteiger partial charge in [0.2, 0.25) is 5.75 Å². The van der Waals surface area contributed by atoms with Gasteiger partial charge < -0.3 is 4.74 Å². The minimum Gasteiger partial charge on any atom is -0.480 e. The standard InChI is InChI=1S/C13H17NO3/c1-8(2)9-5-6-11(14(15)16)12-10(9)7-13(3,4)17-12/h5-6,8H,7H2,1-4H3. The monoisotopic (exact) mass is 235 g/mol. The van der Waals surface area contributed by atoms with Gasteiger partial charge in [-0.15, -0.1) is 0 Å². The summed E-state index contributed by atoms with van der Waals surface area (Å²) in [6.07, 6.45) is 0.734. The first-order valence-corrected chi connectivity index (χ1v) is 5.81. The molecule has 0 aromatic heterocycles. The molecule has 0 aliphatic carbocycles. The van der Waals surface area contributed by atoms with Crippen LogP contribution < -0.4 is 4.74 Å². The molecule has 0 amide bonds. The molecular weight excluding hydrogens is 218 g/mol. The lowest BCUT2D eigenvalue weighted by Crippen LogP contribution is -2.25. The largest absolute Gasteiger partial charge is 0.480 e. The third-order valence-electron chi connectivity index (χ3n) is 3.08. The summed E-state index contributed by atoms with van der Waals surface area (Å²) in [5.41, 5.74) is 1.88. The van der Waals surface area contributed by atoms with Crippen molar-refractivity contribution in [3.63, 3.8) is 0 Å². The van der Waals surface area contributed by atoms with Crippen molar-refractivity contribution in [3.05, 3.63) is 33.4 Å². The predicted molar refractivity (Wildman–Crippen MR) is 65.6 cm³/mol. The van der Waals surface area contributed by atoms with E-state index in [-0.39, 0.29) is 16.2 Å². The van der Waals surface area contributed by atoms with E-state index in [2.05, 4.69) is 13.8 Å². The maximum Gasteiger partial charge on any atom is 0.311 e. The van der Waals surface area contributed by atoms with Crippen LogP contribution in [0.15, 0.2) is 12.1 Å². The fourth-order valence-corrected chi connectivity index (χ4v) is 2.35. The maximum atomic E-state index is 11.0. The summed E-state index contributed by atoms with van der Waals surface area (Å²) in [7, 11) is 0. The van der Waals surface area contributed by atoms with Crippen LogP contribution in [-0.4, -0.2) is 10.5 Å². The van der Waals surface area contributed by atoms with Crippen LogP contribution in [0.5, 0.6) is 5.75 Å². The van der Waals surface area contributed by atoms with Crippen molar-refractivity contribution < 1.29 is 9.66 Å². The number of hydrogen-bond donors (Lipinski definition) is 0. The SMILES string of the molecule is CC(C)c1ccc([N+](=O)[O-])c2c1CC(C)(C)O2. The van der Waals surface area contributed by atoms with Gasteiger partial charge in [-0.05, 0) is 25.3 Å².